The Morgan fingerprint density at radius 2 is 1.72 bits per heavy atom. The lowest BCUT2D eigenvalue weighted by Crippen LogP contribution is -2.65. The maximum Gasteiger partial charge on any atom is 0.332 e. The zero-order valence-corrected chi connectivity index (χ0v) is 30.0. The Bertz CT molecular complexity index is 2230. The Labute approximate surface area is 310 Å². The van der Waals surface area contributed by atoms with Crippen molar-refractivity contribution in [2.24, 2.45) is 0 Å². The van der Waals surface area contributed by atoms with E-state index >= 15 is 0 Å². The van der Waals surface area contributed by atoms with Crippen LogP contribution in [0.2, 0.25) is 0 Å². The number of nitrogens with zero attached hydrogens (tertiary/aromatic N) is 5. The zero-order chi connectivity index (χ0) is 37.1. The first-order chi connectivity index (χ1) is 25.7. The van der Waals surface area contributed by atoms with Crippen LogP contribution in [0, 0.1) is 11.8 Å². The summed E-state index contributed by atoms with van der Waals surface area (Å²) < 4.78 is 6.15. The number of hydrazine groups is 1. The van der Waals surface area contributed by atoms with E-state index in [4.69, 9.17) is 10.5 Å². The van der Waals surface area contributed by atoms with Crippen LogP contribution in [-0.4, -0.2) is 87.9 Å². The molecule has 3 heterocycles. The summed E-state index contributed by atoms with van der Waals surface area (Å²) in [6, 6.07) is 28.1. The third-order valence-corrected chi connectivity index (χ3v) is 10.3. The van der Waals surface area contributed by atoms with Gasteiger partial charge in [-0.1, -0.05) is 84.0 Å². The summed E-state index contributed by atoms with van der Waals surface area (Å²) in [5, 5.41) is 6.50. The number of ether oxygens (including phenoxy) is 1. The number of urea groups is 1. The summed E-state index contributed by atoms with van der Waals surface area (Å²) in [6.07, 6.45) is -0.362. The third kappa shape index (κ3) is 7.55. The number of thiazole rings is 1. The fourth-order valence-electron chi connectivity index (χ4n) is 6.70. The monoisotopic (exact) mass is 727 g/mol. The molecule has 53 heavy (non-hydrogen) atoms. The van der Waals surface area contributed by atoms with Gasteiger partial charge < -0.3 is 25.6 Å². The molecule has 0 aliphatic carbocycles. The fourth-order valence-corrected chi connectivity index (χ4v) is 7.48. The molecule has 2 atom stereocenters. The summed E-state index contributed by atoms with van der Waals surface area (Å²) >= 11 is 1.38. The highest BCUT2D eigenvalue weighted by Gasteiger charge is 2.51. The molecular formula is C40H37N7O5S. The Morgan fingerprint density at radius 3 is 2.45 bits per heavy atom. The molecule has 2 fully saturated rings. The maximum atomic E-state index is 14.4. The Kier molecular flexibility index (Phi) is 10.1. The van der Waals surface area contributed by atoms with Gasteiger partial charge in [0.05, 0.1) is 30.4 Å². The van der Waals surface area contributed by atoms with E-state index < -0.39 is 12.2 Å². The van der Waals surface area contributed by atoms with Gasteiger partial charge in [0.15, 0.2) is 5.13 Å². The number of hydrogen-bond donors (Lipinski definition) is 2. The lowest BCUT2D eigenvalue weighted by atomic mass is 9.99. The molecule has 4 amide bonds. The molecule has 4 aromatic carbocycles. The summed E-state index contributed by atoms with van der Waals surface area (Å²) in [7, 11) is 3.22. The topological polar surface area (TPSA) is 141 Å². The molecule has 7 rings (SSSR count). The number of amides is 4. The number of nitrogens with one attached hydrogen (secondary N) is 1. The lowest BCUT2D eigenvalue weighted by Gasteiger charge is -2.45. The summed E-state index contributed by atoms with van der Waals surface area (Å²) in [5.41, 5.74) is 10.5. The van der Waals surface area contributed by atoms with E-state index in [2.05, 4.69) is 22.1 Å². The largest absolute Gasteiger partial charge is 0.497 e. The van der Waals surface area contributed by atoms with Gasteiger partial charge in [0, 0.05) is 37.7 Å². The molecule has 0 radical (unpaired) electrons. The first-order valence-corrected chi connectivity index (χ1v) is 17.9. The van der Waals surface area contributed by atoms with Gasteiger partial charge in [0.25, 0.3) is 0 Å². The maximum absolute atomic E-state index is 14.4. The van der Waals surface area contributed by atoms with E-state index in [1.165, 1.54) is 16.3 Å². The number of aromatic nitrogens is 1. The fraction of sp³-hybridized carbons (Fsp3) is 0.225. The molecule has 12 nitrogen and oxygen atoms in total. The lowest BCUT2D eigenvalue weighted by molar-refractivity contribution is -0.157. The van der Waals surface area contributed by atoms with Crippen LogP contribution in [0.1, 0.15) is 32.6 Å². The van der Waals surface area contributed by atoms with Crippen LogP contribution in [-0.2, 0) is 29.1 Å². The van der Waals surface area contributed by atoms with Gasteiger partial charge in [-0.15, -0.1) is 0 Å². The number of benzene rings is 4. The van der Waals surface area contributed by atoms with E-state index in [-0.39, 0.29) is 56.2 Å². The van der Waals surface area contributed by atoms with Gasteiger partial charge >= 0.3 is 6.03 Å². The molecule has 3 N–H and O–H groups in total. The molecule has 2 saturated heterocycles. The molecule has 2 aliphatic heterocycles. The highest BCUT2D eigenvalue weighted by atomic mass is 32.1. The Hall–Kier alpha value is -6.23. The minimum Gasteiger partial charge on any atom is -0.497 e. The second-order valence-corrected chi connectivity index (χ2v) is 13.9. The second kappa shape index (κ2) is 15.2. The standard InChI is InChI=1S/C40H37N7O5S/c1-44(40(51)42-22-28-15-18-31(52-2)19-16-28)46-25-36(49)47-32(21-27-13-11-26(12-14-27)17-20-33(48)29-7-4-3-5-8-29)38(50)45(24-35(46)47)23-30-9-6-10-34-37(30)43-39(41)53-34/h3-16,18-19,32,35H,21-25H2,1-2H3,(H2,41,43)(H,42,51)/t32-,35+/m0/s1. The number of rotatable bonds is 9. The second-order valence-electron chi connectivity index (χ2n) is 12.8. The normalized spacial score (nSPS) is 16.9. The van der Waals surface area contributed by atoms with E-state index in [0.717, 1.165) is 26.9 Å². The van der Waals surface area contributed by atoms with E-state index in [1.807, 2.05) is 60.7 Å². The van der Waals surface area contributed by atoms with Gasteiger partial charge in [0.2, 0.25) is 17.6 Å². The van der Waals surface area contributed by atoms with E-state index in [9.17, 15) is 19.2 Å². The highest BCUT2D eigenvalue weighted by Crippen LogP contribution is 2.32. The number of carbonyl (C=O) groups excluding carboxylic acids is 4. The highest BCUT2D eigenvalue weighted by molar-refractivity contribution is 7.22. The molecule has 5 aromatic rings. The molecule has 2 aliphatic rings. The number of nitrogens with two attached hydrogens (primary N) is 1. The third-order valence-electron chi connectivity index (χ3n) is 9.47. The van der Waals surface area contributed by atoms with Gasteiger partial charge in [-0.3, -0.25) is 19.4 Å². The number of Topliss-reactive ketones (excluding diaryl/α,β-unsaturated/α-hetero) is 1. The van der Waals surface area contributed by atoms with E-state index in [0.29, 0.717) is 22.0 Å². The smallest absolute Gasteiger partial charge is 0.332 e. The zero-order valence-electron chi connectivity index (χ0n) is 29.2. The van der Waals surface area contributed by atoms with Crippen LogP contribution in [0.15, 0.2) is 97.1 Å². The van der Waals surface area contributed by atoms with Crippen LogP contribution >= 0.6 is 11.3 Å². The van der Waals surface area contributed by atoms with Crippen molar-refractivity contribution in [3.63, 3.8) is 0 Å². The number of para-hydroxylation sites is 1. The number of ketones is 1. The summed E-state index contributed by atoms with van der Waals surface area (Å²) in [5.74, 6) is 5.59. The van der Waals surface area contributed by atoms with Crippen molar-refractivity contribution in [2.75, 3.05) is 33.0 Å². The molecule has 268 valence electrons. The minimum atomic E-state index is -0.835. The van der Waals surface area contributed by atoms with Crippen molar-refractivity contribution in [1.29, 1.82) is 0 Å². The number of nitrogen functional groups attached to an aromatic ring is 1. The number of methoxy groups -OCH3 is 1. The first-order valence-electron chi connectivity index (χ1n) is 17.0. The molecule has 0 saturated carbocycles. The quantitative estimate of drug-likeness (QED) is 0.169. The van der Waals surface area contributed by atoms with Crippen LogP contribution in [0.3, 0.4) is 0 Å². The molecular weight excluding hydrogens is 691 g/mol. The van der Waals surface area contributed by atoms with Crippen LogP contribution in [0.4, 0.5) is 9.93 Å². The van der Waals surface area contributed by atoms with E-state index in [1.54, 1.807) is 65.4 Å². The molecule has 13 heteroatoms. The van der Waals surface area contributed by atoms with Gasteiger partial charge in [-0.2, -0.15) is 5.01 Å². The van der Waals surface area contributed by atoms with Crippen molar-refractivity contribution in [2.45, 2.75) is 31.7 Å². The summed E-state index contributed by atoms with van der Waals surface area (Å²) in [4.78, 5) is 62.0. The van der Waals surface area contributed by atoms with Crippen molar-refractivity contribution >= 4 is 50.3 Å². The van der Waals surface area contributed by atoms with Crippen molar-refractivity contribution in [1.82, 2.24) is 30.1 Å². The van der Waals surface area contributed by atoms with Crippen LogP contribution in [0.25, 0.3) is 10.2 Å². The number of fused-ring (bicyclic) bond motifs is 2. The Balaban J connectivity index is 1.13. The predicted octanol–water partition coefficient (Wildman–Crippen LogP) is 4.30. The van der Waals surface area contributed by atoms with Crippen molar-refractivity contribution in [3.8, 4) is 17.6 Å². The van der Waals surface area contributed by atoms with Crippen molar-refractivity contribution < 1.29 is 23.9 Å². The van der Waals surface area contributed by atoms with Gasteiger partial charge in [-0.05, 0) is 52.9 Å². The van der Waals surface area contributed by atoms with Crippen molar-refractivity contribution in [3.05, 3.63) is 125 Å². The van der Waals surface area contributed by atoms with Crippen LogP contribution in [0.5, 0.6) is 5.75 Å². The number of anilines is 1. The number of carbonyl (C=O) groups is 4. The number of piperazine rings is 1. The Morgan fingerprint density at radius 1 is 0.981 bits per heavy atom. The first kappa shape index (κ1) is 35.2. The average molecular weight is 728 g/mol. The minimum absolute atomic E-state index is 0.0725. The average Bonchev–Trinajstić information content (AvgIpc) is 3.73. The SMILES string of the molecule is COc1ccc(CNC(=O)N(C)N2CC(=O)N3[C@@H](Cc4ccc(C#CC(=O)c5ccccc5)cc4)C(=O)N(Cc4cccc5sc(N)nc45)C[C@@H]32)cc1. The molecule has 0 bridgehead atoms. The summed E-state index contributed by atoms with van der Waals surface area (Å²) in [6.45, 7) is 0.631. The molecule has 1 aromatic heterocycles. The van der Waals surface area contributed by atoms with Crippen LogP contribution < -0.4 is 15.8 Å². The molecule has 0 spiro atoms. The van der Waals surface area contributed by atoms with Gasteiger partial charge in [-0.25, -0.2) is 9.78 Å². The number of hydrogen-bond acceptors (Lipinski definition) is 9. The predicted molar refractivity (Wildman–Crippen MR) is 201 cm³/mol. The van der Waals surface area contributed by atoms with Gasteiger partial charge in [0.1, 0.15) is 18.0 Å². The molecule has 0 unspecified atom stereocenters.